The highest BCUT2D eigenvalue weighted by Crippen LogP contribution is 2.19. The first kappa shape index (κ1) is 19.8. The molecule has 1 unspecified atom stereocenters. The molecular formula is C22H28N2O2S. The Morgan fingerprint density at radius 3 is 2.48 bits per heavy atom. The first-order valence-electron chi connectivity index (χ1n) is 9.67. The summed E-state index contributed by atoms with van der Waals surface area (Å²) in [7, 11) is -0.968. The molecule has 0 bridgehead atoms. The molecule has 1 fully saturated rings. The highest BCUT2D eigenvalue weighted by atomic mass is 32.2. The molecular weight excluding hydrogens is 356 g/mol. The summed E-state index contributed by atoms with van der Waals surface area (Å²) in [4.78, 5) is 12.2. The number of amides is 1. The second-order valence-electron chi connectivity index (χ2n) is 7.19. The van der Waals surface area contributed by atoms with Crippen molar-refractivity contribution < 1.29 is 9.00 Å². The Bertz CT molecular complexity index is 758. The van der Waals surface area contributed by atoms with Gasteiger partial charge in [-0.25, -0.2) is 0 Å². The summed E-state index contributed by atoms with van der Waals surface area (Å²) in [5.74, 6) is 1.77. The number of piperidine rings is 1. The Kier molecular flexibility index (Phi) is 7.60. The van der Waals surface area contributed by atoms with Gasteiger partial charge in [0.2, 0.25) is 5.91 Å². The fraction of sp³-hybridized carbons (Fsp3) is 0.409. The predicted octanol–water partition coefficient (Wildman–Crippen LogP) is 3.85. The first-order chi connectivity index (χ1) is 13.2. The summed E-state index contributed by atoms with van der Waals surface area (Å²) in [6.07, 6.45) is 3.84. The van der Waals surface area contributed by atoms with Crippen molar-refractivity contribution in [1.29, 1.82) is 0 Å². The van der Waals surface area contributed by atoms with Gasteiger partial charge in [-0.15, -0.1) is 0 Å². The lowest BCUT2D eigenvalue weighted by Gasteiger charge is -2.22. The normalized spacial score (nSPS) is 16.0. The van der Waals surface area contributed by atoms with Gasteiger partial charge < -0.3 is 10.6 Å². The molecule has 2 N–H and O–H groups in total. The molecule has 2 aromatic rings. The van der Waals surface area contributed by atoms with Crippen LogP contribution in [0.5, 0.6) is 0 Å². The van der Waals surface area contributed by atoms with E-state index in [0.717, 1.165) is 49.2 Å². The van der Waals surface area contributed by atoms with E-state index >= 15 is 0 Å². The second kappa shape index (κ2) is 10.4. The monoisotopic (exact) mass is 384 g/mol. The number of nitrogens with one attached hydrogen (secondary N) is 2. The van der Waals surface area contributed by atoms with Crippen molar-refractivity contribution in [2.45, 2.75) is 37.2 Å². The Hall–Kier alpha value is -1.98. The molecule has 1 saturated heterocycles. The molecule has 0 saturated carbocycles. The first-order valence-corrected chi connectivity index (χ1v) is 11.2. The average molecular weight is 385 g/mol. The van der Waals surface area contributed by atoms with Gasteiger partial charge in [0.05, 0.1) is 0 Å². The second-order valence-corrected chi connectivity index (χ2v) is 8.65. The van der Waals surface area contributed by atoms with Crippen LogP contribution in [0.15, 0.2) is 54.6 Å². The van der Waals surface area contributed by atoms with Crippen LogP contribution in [-0.2, 0) is 27.1 Å². The Morgan fingerprint density at radius 1 is 1.00 bits per heavy atom. The van der Waals surface area contributed by atoms with E-state index in [1.165, 1.54) is 0 Å². The molecule has 2 aromatic carbocycles. The number of rotatable bonds is 8. The molecule has 1 aliphatic rings. The van der Waals surface area contributed by atoms with Crippen LogP contribution in [0.3, 0.4) is 0 Å². The number of hydrogen-bond donors (Lipinski definition) is 2. The SMILES string of the molecule is O=C(CCC1CCNCC1)Nc1cccc(CS(=O)Cc2ccccc2)c1. The van der Waals surface area contributed by atoms with Crippen LogP contribution in [0, 0.1) is 5.92 Å². The van der Waals surface area contributed by atoms with Crippen molar-refractivity contribution in [3.05, 3.63) is 65.7 Å². The zero-order chi connectivity index (χ0) is 18.9. The van der Waals surface area contributed by atoms with E-state index < -0.39 is 10.8 Å². The summed E-state index contributed by atoms with van der Waals surface area (Å²) in [6.45, 7) is 2.13. The molecule has 1 atom stereocenters. The van der Waals surface area contributed by atoms with Gasteiger partial charge in [-0.1, -0.05) is 42.5 Å². The van der Waals surface area contributed by atoms with E-state index in [9.17, 15) is 9.00 Å². The lowest BCUT2D eigenvalue weighted by atomic mass is 9.93. The summed E-state index contributed by atoms with van der Waals surface area (Å²) < 4.78 is 12.4. The van der Waals surface area contributed by atoms with Gasteiger partial charge in [-0.2, -0.15) is 0 Å². The fourth-order valence-electron chi connectivity index (χ4n) is 3.47. The Morgan fingerprint density at radius 2 is 1.70 bits per heavy atom. The molecule has 5 heteroatoms. The average Bonchev–Trinajstić information content (AvgIpc) is 2.68. The number of carbonyl (C=O) groups is 1. The standard InChI is InChI=1S/C22H28N2O2S/c25-22(10-9-18-11-13-23-14-12-18)24-21-8-4-7-20(15-21)17-27(26)16-19-5-2-1-3-6-19/h1-8,15,18,23H,9-14,16-17H2,(H,24,25). The van der Waals surface area contributed by atoms with E-state index in [1.807, 2.05) is 54.6 Å². The van der Waals surface area contributed by atoms with Crippen LogP contribution < -0.4 is 10.6 Å². The van der Waals surface area contributed by atoms with Gasteiger partial charge in [-0.3, -0.25) is 9.00 Å². The van der Waals surface area contributed by atoms with E-state index in [1.54, 1.807) is 0 Å². The van der Waals surface area contributed by atoms with Crippen molar-refractivity contribution >= 4 is 22.4 Å². The van der Waals surface area contributed by atoms with Crippen molar-refractivity contribution in [1.82, 2.24) is 5.32 Å². The maximum absolute atomic E-state index is 12.4. The Balaban J connectivity index is 1.47. The van der Waals surface area contributed by atoms with Gasteiger partial charge in [0.25, 0.3) is 0 Å². The van der Waals surface area contributed by atoms with Gasteiger partial charge in [0.15, 0.2) is 0 Å². The highest BCUT2D eigenvalue weighted by molar-refractivity contribution is 7.83. The third-order valence-electron chi connectivity index (χ3n) is 4.95. The Labute approximate surface area is 164 Å². The maximum Gasteiger partial charge on any atom is 0.224 e. The third kappa shape index (κ3) is 6.92. The van der Waals surface area contributed by atoms with Gasteiger partial charge in [0.1, 0.15) is 0 Å². The topological polar surface area (TPSA) is 58.2 Å². The van der Waals surface area contributed by atoms with E-state index in [-0.39, 0.29) is 5.91 Å². The maximum atomic E-state index is 12.4. The number of anilines is 1. The number of carbonyl (C=O) groups excluding carboxylic acids is 1. The van der Waals surface area contributed by atoms with Crippen molar-refractivity contribution in [3.63, 3.8) is 0 Å². The largest absolute Gasteiger partial charge is 0.326 e. The van der Waals surface area contributed by atoms with Crippen LogP contribution >= 0.6 is 0 Å². The molecule has 0 aliphatic carbocycles. The number of benzene rings is 2. The zero-order valence-corrected chi connectivity index (χ0v) is 16.5. The summed E-state index contributed by atoms with van der Waals surface area (Å²) in [6, 6.07) is 17.6. The fourth-order valence-corrected chi connectivity index (χ4v) is 4.68. The van der Waals surface area contributed by atoms with Crippen LogP contribution in [-0.4, -0.2) is 23.2 Å². The molecule has 4 nitrogen and oxygen atoms in total. The quantitative estimate of drug-likeness (QED) is 0.727. The van der Waals surface area contributed by atoms with Crippen LogP contribution in [0.2, 0.25) is 0 Å². The minimum Gasteiger partial charge on any atom is -0.326 e. The van der Waals surface area contributed by atoms with Gasteiger partial charge in [0, 0.05) is 34.4 Å². The van der Waals surface area contributed by atoms with Gasteiger partial charge >= 0.3 is 0 Å². The van der Waals surface area contributed by atoms with Crippen molar-refractivity contribution in [2.24, 2.45) is 5.92 Å². The predicted molar refractivity (Wildman–Crippen MR) is 112 cm³/mol. The molecule has 0 radical (unpaired) electrons. The summed E-state index contributed by atoms with van der Waals surface area (Å²) in [5.41, 5.74) is 2.86. The van der Waals surface area contributed by atoms with E-state index in [0.29, 0.717) is 23.8 Å². The molecule has 0 spiro atoms. The third-order valence-corrected chi connectivity index (χ3v) is 6.26. The van der Waals surface area contributed by atoms with E-state index in [2.05, 4.69) is 10.6 Å². The van der Waals surface area contributed by atoms with E-state index in [4.69, 9.17) is 0 Å². The molecule has 0 aromatic heterocycles. The molecule has 1 amide bonds. The summed E-state index contributed by atoms with van der Waals surface area (Å²) in [5, 5.41) is 6.34. The minimum absolute atomic E-state index is 0.0658. The smallest absolute Gasteiger partial charge is 0.224 e. The lowest BCUT2D eigenvalue weighted by Crippen LogP contribution is -2.28. The molecule has 27 heavy (non-hydrogen) atoms. The van der Waals surface area contributed by atoms with Crippen molar-refractivity contribution in [2.75, 3.05) is 18.4 Å². The van der Waals surface area contributed by atoms with Crippen LogP contribution in [0.1, 0.15) is 36.8 Å². The zero-order valence-electron chi connectivity index (χ0n) is 15.7. The summed E-state index contributed by atoms with van der Waals surface area (Å²) >= 11 is 0. The highest BCUT2D eigenvalue weighted by Gasteiger charge is 2.14. The molecule has 3 rings (SSSR count). The van der Waals surface area contributed by atoms with Gasteiger partial charge in [-0.05, 0) is 61.5 Å². The molecule has 144 valence electrons. The molecule has 1 heterocycles. The van der Waals surface area contributed by atoms with Crippen LogP contribution in [0.25, 0.3) is 0 Å². The lowest BCUT2D eigenvalue weighted by molar-refractivity contribution is -0.116. The minimum atomic E-state index is -0.968. The van der Waals surface area contributed by atoms with Crippen molar-refractivity contribution in [3.8, 4) is 0 Å². The molecule has 1 aliphatic heterocycles. The van der Waals surface area contributed by atoms with Crippen LogP contribution in [0.4, 0.5) is 5.69 Å². The number of hydrogen-bond acceptors (Lipinski definition) is 3.